The van der Waals surface area contributed by atoms with Crippen LogP contribution in [0.1, 0.15) is 166 Å². The SMILES string of the molecule is CCCC#CC(=Nc1ccc(CCCC)c(CCCC)c1)C(CCCCC)=Nc1ccc(CCCC)c(CCCC)c1.CCN(C)c1ccc(C)c2cc([O-])c([O-])cc12.[Ni+2]. The van der Waals surface area contributed by atoms with Crippen LogP contribution >= 0.6 is 0 Å². The minimum absolute atomic E-state index is 0. The van der Waals surface area contributed by atoms with Gasteiger partial charge in [-0.1, -0.05) is 116 Å². The van der Waals surface area contributed by atoms with Gasteiger partial charge in [0.25, 0.3) is 0 Å². The van der Waals surface area contributed by atoms with E-state index in [-0.39, 0.29) is 16.5 Å². The van der Waals surface area contributed by atoms with Crippen LogP contribution in [-0.4, -0.2) is 25.0 Å². The smallest absolute Gasteiger partial charge is 0.873 e. The molecule has 0 heterocycles. The van der Waals surface area contributed by atoms with Crippen molar-refractivity contribution in [3.63, 3.8) is 0 Å². The van der Waals surface area contributed by atoms with Crippen LogP contribution in [-0.2, 0) is 42.2 Å². The Labute approximate surface area is 375 Å². The first-order chi connectivity index (χ1) is 28.6. The number of anilines is 1. The fourth-order valence-corrected chi connectivity index (χ4v) is 7.26. The molecule has 0 amide bonds. The number of hydrogen-bond donors (Lipinski definition) is 0. The first kappa shape index (κ1) is 52.1. The van der Waals surface area contributed by atoms with Gasteiger partial charge >= 0.3 is 16.5 Å². The average molecular weight is 857 g/mol. The van der Waals surface area contributed by atoms with Gasteiger partial charge in [-0.3, -0.25) is 4.99 Å². The van der Waals surface area contributed by atoms with Crippen LogP contribution < -0.4 is 15.1 Å². The summed E-state index contributed by atoms with van der Waals surface area (Å²) < 4.78 is 0. The van der Waals surface area contributed by atoms with Gasteiger partial charge in [-0.15, -0.1) is 11.5 Å². The summed E-state index contributed by atoms with van der Waals surface area (Å²) in [4.78, 5) is 12.6. The number of nitrogens with zero attached hydrogens (tertiary/aromatic N) is 3. The first-order valence-electron chi connectivity index (χ1n) is 23.2. The van der Waals surface area contributed by atoms with Crippen molar-refractivity contribution in [2.24, 2.45) is 9.98 Å². The van der Waals surface area contributed by atoms with Gasteiger partial charge in [0.15, 0.2) is 0 Å². The molecule has 0 aliphatic heterocycles. The molecule has 60 heavy (non-hydrogen) atoms. The largest absolute Gasteiger partial charge is 2.00 e. The van der Waals surface area contributed by atoms with Gasteiger partial charge in [0.2, 0.25) is 0 Å². The Hall–Kier alpha value is -4.07. The monoisotopic (exact) mass is 856 g/mol. The standard InChI is InChI=1S/C40H60N2.C14H17NO2.Ni/c1-7-13-19-25-39(41-37-29-27-33(21-15-9-3)35(31-37)23-17-11-5)40(26-20-14-8-2)42-38-30-28-34(22-16-10-4)36(32-38)24-18-12-6;1-4-15(3)12-6-5-9(2)10-7-13(16)14(17)8-11(10)12;/h27-32H,7-19,21-25H2,1-6H3;5-8,16-17H,4H2,1-3H3;/q;;+2/p-2. The molecule has 0 aliphatic carbocycles. The molecule has 6 heteroatoms. The number of unbranched alkanes of at least 4 members (excludes halogenated alkanes) is 7. The van der Waals surface area contributed by atoms with E-state index in [9.17, 15) is 10.2 Å². The van der Waals surface area contributed by atoms with Crippen LogP contribution in [0.2, 0.25) is 0 Å². The third-order valence-electron chi connectivity index (χ3n) is 11.1. The fourth-order valence-electron chi connectivity index (χ4n) is 7.26. The minimum atomic E-state index is -0.436. The summed E-state index contributed by atoms with van der Waals surface area (Å²) in [6, 6.07) is 20.6. The molecule has 0 saturated heterocycles. The molecule has 5 nitrogen and oxygen atoms in total. The van der Waals surface area contributed by atoms with Gasteiger partial charge in [-0.25, -0.2) is 4.99 Å². The van der Waals surface area contributed by atoms with Crippen molar-refractivity contribution in [2.75, 3.05) is 18.5 Å². The molecule has 0 saturated carbocycles. The van der Waals surface area contributed by atoms with Crippen LogP contribution in [0.4, 0.5) is 17.1 Å². The summed E-state index contributed by atoms with van der Waals surface area (Å²) in [6.07, 6.45) is 20.7. The first-order valence-corrected chi connectivity index (χ1v) is 23.2. The summed E-state index contributed by atoms with van der Waals surface area (Å²) in [5.74, 6) is 6.03. The second-order valence-corrected chi connectivity index (χ2v) is 16.1. The van der Waals surface area contributed by atoms with Crippen LogP contribution in [0.25, 0.3) is 10.8 Å². The van der Waals surface area contributed by atoms with Crippen LogP contribution in [0.15, 0.2) is 70.6 Å². The Balaban J connectivity index is 0.000000571. The molecule has 0 unspecified atom stereocenters. The van der Waals surface area contributed by atoms with Gasteiger partial charge in [-0.2, -0.15) is 0 Å². The van der Waals surface area contributed by atoms with E-state index >= 15 is 0 Å². The number of aliphatic imine (C=N–C) groups is 2. The van der Waals surface area contributed by atoms with E-state index in [2.05, 4.69) is 94.7 Å². The predicted octanol–water partition coefficient (Wildman–Crippen LogP) is 14.0. The molecule has 4 aromatic carbocycles. The molecular weight excluding hydrogens is 781 g/mol. The van der Waals surface area contributed by atoms with Gasteiger partial charge < -0.3 is 15.1 Å². The van der Waals surface area contributed by atoms with E-state index in [4.69, 9.17) is 9.98 Å². The maximum Gasteiger partial charge on any atom is 2.00 e. The molecule has 0 atom stereocenters. The zero-order chi connectivity index (χ0) is 43.0. The van der Waals surface area contributed by atoms with Gasteiger partial charge in [0.1, 0.15) is 5.71 Å². The number of rotatable bonds is 22. The van der Waals surface area contributed by atoms with E-state index in [1.165, 1.54) is 98.6 Å². The van der Waals surface area contributed by atoms with E-state index in [1.54, 1.807) is 0 Å². The molecule has 0 N–H and O–H groups in total. The molecule has 0 spiro atoms. The summed E-state index contributed by atoms with van der Waals surface area (Å²) in [6.45, 7) is 18.4. The van der Waals surface area contributed by atoms with E-state index < -0.39 is 11.5 Å². The normalized spacial score (nSPS) is 11.4. The molecule has 0 fully saturated rings. The molecule has 0 bridgehead atoms. The number of aryl methyl sites for hydroxylation is 5. The maximum absolute atomic E-state index is 11.5. The summed E-state index contributed by atoms with van der Waals surface area (Å²) in [5, 5.41) is 24.6. The zero-order valence-corrected chi connectivity index (χ0v) is 39.7. The Kier molecular flexibility index (Phi) is 25.4. The van der Waals surface area contributed by atoms with E-state index in [1.807, 2.05) is 33.0 Å². The zero-order valence-electron chi connectivity index (χ0n) is 38.7. The topological polar surface area (TPSA) is 74.1 Å². The van der Waals surface area contributed by atoms with Crippen molar-refractivity contribution in [3.8, 4) is 23.3 Å². The second-order valence-electron chi connectivity index (χ2n) is 16.1. The summed E-state index contributed by atoms with van der Waals surface area (Å²) in [7, 11) is 1.97. The molecular formula is C54H75N3NiO2. The molecule has 4 rings (SSSR count). The third kappa shape index (κ3) is 16.8. The Morgan fingerprint density at radius 3 is 1.57 bits per heavy atom. The molecule has 0 aromatic heterocycles. The van der Waals surface area contributed by atoms with Crippen molar-refractivity contribution in [1.82, 2.24) is 0 Å². The maximum atomic E-state index is 11.5. The number of fused-ring (bicyclic) bond motifs is 1. The van der Waals surface area contributed by atoms with Crippen molar-refractivity contribution < 1.29 is 26.7 Å². The minimum Gasteiger partial charge on any atom is -0.873 e. The molecule has 328 valence electrons. The van der Waals surface area contributed by atoms with Gasteiger partial charge in [-0.05, 0) is 154 Å². The van der Waals surface area contributed by atoms with Crippen molar-refractivity contribution >= 4 is 39.3 Å². The van der Waals surface area contributed by atoms with E-state index in [0.717, 1.165) is 103 Å². The van der Waals surface area contributed by atoms with Crippen molar-refractivity contribution in [1.29, 1.82) is 0 Å². The molecule has 0 radical (unpaired) electrons. The molecule has 0 aliphatic rings. The summed E-state index contributed by atoms with van der Waals surface area (Å²) >= 11 is 0. The predicted molar refractivity (Wildman–Crippen MR) is 255 cm³/mol. The van der Waals surface area contributed by atoms with Crippen LogP contribution in [0.5, 0.6) is 11.5 Å². The van der Waals surface area contributed by atoms with Crippen LogP contribution in [0.3, 0.4) is 0 Å². The molecule has 4 aromatic rings. The quantitative estimate of drug-likeness (QED) is 0.0342. The average Bonchev–Trinajstić information content (AvgIpc) is 3.24. The Morgan fingerprint density at radius 2 is 1.07 bits per heavy atom. The number of hydrogen-bond acceptors (Lipinski definition) is 5. The van der Waals surface area contributed by atoms with Gasteiger partial charge in [0.05, 0.1) is 17.1 Å². The van der Waals surface area contributed by atoms with Crippen molar-refractivity contribution in [3.05, 3.63) is 88.5 Å². The summed E-state index contributed by atoms with van der Waals surface area (Å²) in [5.41, 5.74) is 11.9. The van der Waals surface area contributed by atoms with Crippen LogP contribution in [0, 0.1) is 18.8 Å². The second kappa shape index (κ2) is 29.2. The Bertz CT molecular complexity index is 2000. The van der Waals surface area contributed by atoms with Crippen molar-refractivity contribution in [2.45, 2.75) is 171 Å². The van der Waals surface area contributed by atoms with E-state index in [0.29, 0.717) is 0 Å². The van der Waals surface area contributed by atoms with Gasteiger partial charge in [0, 0.05) is 31.1 Å². The Morgan fingerprint density at radius 1 is 0.567 bits per heavy atom. The fraction of sp³-hybridized carbons (Fsp3) is 0.519. The number of benzene rings is 4. The third-order valence-corrected chi connectivity index (χ3v) is 11.1.